The van der Waals surface area contributed by atoms with E-state index in [0.717, 1.165) is 11.8 Å². The summed E-state index contributed by atoms with van der Waals surface area (Å²) < 4.78 is 56.2. The number of nitrogens with one attached hydrogen (secondary N) is 1. The minimum atomic E-state index is -5.08. The number of hydrogen-bond donors (Lipinski definition) is 3. The molecule has 4 aromatic rings. The summed E-state index contributed by atoms with van der Waals surface area (Å²) in [6.07, 6.45) is -3.64. The van der Waals surface area contributed by atoms with Crippen LogP contribution in [0.15, 0.2) is 91.1 Å². The summed E-state index contributed by atoms with van der Waals surface area (Å²) >= 11 is 0. The van der Waals surface area contributed by atoms with Gasteiger partial charge in [-0.2, -0.15) is 13.2 Å². The summed E-state index contributed by atoms with van der Waals surface area (Å²) in [7, 11) is 0. The first-order valence-corrected chi connectivity index (χ1v) is 12.1. The number of benzene rings is 3. The maximum atomic E-state index is 13.0. The highest BCUT2D eigenvalue weighted by molar-refractivity contribution is 5.94. The molecular formula is C28H22F4N4O7. The molecule has 1 heterocycles. The van der Waals surface area contributed by atoms with Gasteiger partial charge in [-0.15, -0.1) is 0 Å². The monoisotopic (exact) mass is 602 g/mol. The van der Waals surface area contributed by atoms with Gasteiger partial charge in [-0.3, -0.25) is 14.9 Å². The van der Waals surface area contributed by atoms with Gasteiger partial charge in [-0.05, 0) is 72.6 Å². The van der Waals surface area contributed by atoms with Gasteiger partial charge in [-0.25, -0.2) is 14.2 Å². The van der Waals surface area contributed by atoms with E-state index in [1.54, 1.807) is 36.4 Å². The van der Waals surface area contributed by atoms with Gasteiger partial charge in [0.05, 0.1) is 11.0 Å². The van der Waals surface area contributed by atoms with E-state index in [1.807, 2.05) is 12.1 Å². The fraction of sp³-hybridized carbons (Fsp3) is 0.107. The number of ether oxygens (including phenoxy) is 2. The lowest BCUT2D eigenvalue weighted by molar-refractivity contribution is -0.385. The number of aromatic nitrogens is 1. The van der Waals surface area contributed by atoms with Crippen LogP contribution >= 0.6 is 0 Å². The number of nitrogens with two attached hydrogens (primary N) is 1. The second kappa shape index (κ2) is 14.4. The zero-order valence-corrected chi connectivity index (χ0v) is 21.8. The van der Waals surface area contributed by atoms with Crippen molar-refractivity contribution in [1.29, 1.82) is 0 Å². The Morgan fingerprint density at radius 3 is 1.88 bits per heavy atom. The van der Waals surface area contributed by atoms with Gasteiger partial charge >= 0.3 is 12.1 Å². The van der Waals surface area contributed by atoms with Crippen LogP contribution in [0.5, 0.6) is 23.1 Å². The number of aliphatic carboxylic acids is 1. The van der Waals surface area contributed by atoms with E-state index in [4.69, 9.17) is 25.1 Å². The Hall–Kier alpha value is -5.57. The van der Waals surface area contributed by atoms with Crippen LogP contribution in [0.1, 0.15) is 5.56 Å². The molecular weight excluding hydrogens is 580 g/mol. The maximum absolute atomic E-state index is 13.0. The average molecular weight is 602 g/mol. The van der Waals surface area contributed by atoms with Gasteiger partial charge in [0.15, 0.2) is 0 Å². The summed E-state index contributed by atoms with van der Waals surface area (Å²) in [5, 5.41) is 20.5. The van der Waals surface area contributed by atoms with Crippen molar-refractivity contribution in [2.75, 3.05) is 5.32 Å². The second-order valence-corrected chi connectivity index (χ2v) is 8.54. The van der Waals surface area contributed by atoms with Crippen molar-refractivity contribution in [3.8, 4) is 23.1 Å². The molecule has 0 bridgehead atoms. The third-order valence-corrected chi connectivity index (χ3v) is 5.28. The Balaban J connectivity index is 0.000000646. The first kappa shape index (κ1) is 32.0. The van der Waals surface area contributed by atoms with Gasteiger partial charge in [0.2, 0.25) is 11.8 Å². The molecule has 1 aromatic heterocycles. The molecule has 1 amide bonds. The van der Waals surface area contributed by atoms with Crippen LogP contribution in [-0.2, 0) is 16.0 Å². The number of halogens is 4. The molecule has 11 nitrogen and oxygen atoms in total. The predicted molar refractivity (Wildman–Crippen MR) is 144 cm³/mol. The first-order chi connectivity index (χ1) is 20.3. The molecule has 1 atom stereocenters. The summed E-state index contributed by atoms with van der Waals surface area (Å²) in [5.74, 6) is -1.62. The molecule has 3 aromatic carbocycles. The minimum Gasteiger partial charge on any atom is -0.475 e. The Morgan fingerprint density at radius 1 is 0.907 bits per heavy atom. The second-order valence-electron chi connectivity index (χ2n) is 8.54. The first-order valence-electron chi connectivity index (χ1n) is 12.1. The normalized spacial score (nSPS) is 11.4. The van der Waals surface area contributed by atoms with Crippen molar-refractivity contribution in [3.63, 3.8) is 0 Å². The topological polar surface area (TPSA) is 167 Å². The highest BCUT2D eigenvalue weighted by Crippen LogP contribution is 2.27. The van der Waals surface area contributed by atoms with Crippen molar-refractivity contribution in [2.24, 2.45) is 5.73 Å². The van der Waals surface area contributed by atoms with E-state index in [1.165, 1.54) is 36.4 Å². The van der Waals surface area contributed by atoms with E-state index in [0.29, 0.717) is 29.4 Å². The van der Waals surface area contributed by atoms with Crippen LogP contribution in [0.2, 0.25) is 0 Å². The van der Waals surface area contributed by atoms with Crippen molar-refractivity contribution in [3.05, 3.63) is 113 Å². The fourth-order valence-electron chi connectivity index (χ4n) is 3.18. The lowest BCUT2D eigenvalue weighted by atomic mass is 10.1. The summed E-state index contributed by atoms with van der Waals surface area (Å²) in [5.41, 5.74) is 7.22. The van der Waals surface area contributed by atoms with Crippen molar-refractivity contribution < 1.29 is 46.7 Å². The van der Waals surface area contributed by atoms with Crippen LogP contribution < -0.4 is 20.5 Å². The van der Waals surface area contributed by atoms with Crippen molar-refractivity contribution >= 4 is 23.3 Å². The van der Waals surface area contributed by atoms with Gasteiger partial charge in [0.25, 0.3) is 5.69 Å². The van der Waals surface area contributed by atoms with E-state index in [9.17, 15) is 32.5 Å². The fourth-order valence-corrected chi connectivity index (χ4v) is 3.18. The van der Waals surface area contributed by atoms with Crippen molar-refractivity contribution in [1.82, 2.24) is 4.98 Å². The molecule has 0 aliphatic rings. The van der Waals surface area contributed by atoms with E-state index >= 15 is 0 Å². The van der Waals surface area contributed by atoms with Gasteiger partial charge in [0.1, 0.15) is 29.3 Å². The molecule has 0 radical (unpaired) electrons. The van der Waals surface area contributed by atoms with Crippen molar-refractivity contribution in [2.45, 2.75) is 18.6 Å². The molecule has 15 heteroatoms. The van der Waals surface area contributed by atoms with E-state index < -0.39 is 23.1 Å². The highest BCUT2D eigenvalue weighted by atomic mass is 19.4. The molecule has 0 saturated carbocycles. The number of rotatable bonds is 9. The molecule has 0 aliphatic heterocycles. The Bertz CT molecular complexity index is 1530. The number of anilines is 1. The number of amides is 1. The molecule has 4 rings (SSSR count). The number of alkyl halides is 3. The third-order valence-electron chi connectivity index (χ3n) is 5.28. The van der Waals surface area contributed by atoms with E-state index in [-0.39, 0.29) is 23.3 Å². The number of hydrogen-bond acceptors (Lipinski definition) is 8. The Labute approximate surface area is 240 Å². The Morgan fingerprint density at radius 2 is 1.42 bits per heavy atom. The van der Waals surface area contributed by atoms with Crippen LogP contribution in [0, 0.1) is 15.9 Å². The zero-order valence-electron chi connectivity index (χ0n) is 21.8. The molecule has 0 aliphatic carbocycles. The smallest absolute Gasteiger partial charge is 0.475 e. The standard InChI is InChI=1S/C26H21FN4O5.C2HF3O2/c27-18-3-5-19(6-4-18)30-26(32)24(28)15-17-1-8-21(9-2-17)35-22-10-12-23(13-11-22)36-25-14-7-20(16-29-25)31(33)34;3-2(4,5)1(6)7/h1-14,16,24H,15,28H2,(H,30,32);(H,6,7)/t24-;/m0./s1. The summed E-state index contributed by atoms with van der Waals surface area (Å²) in [6, 6.07) is 21.4. The number of carbonyl (C=O) groups excluding carboxylic acids is 1. The lowest BCUT2D eigenvalue weighted by Crippen LogP contribution is -2.37. The van der Waals surface area contributed by atoms with Gasteiger partial charge in [-0.1, -0.05) is 12.1 Å². The van der Waals surface area contributed by atoms with Crippen LogP contribution in [0.25, 0.3) is 0 Å². The Kier molecular flexibility index (Phi) is 10.7. The molecule has 0 saturated heterocycles. The minimum absolute atomic E-state index is 0.118. The summed E-state index contributed by atoms with van der Waals surface area (Å²) in [4.78, 5) is 35.3. The molecule has 0 unspecified atom stereocenters. The zero-order chi connectivity index (χ0) is 31.6. The number of carboxylic acids is 1. The lowest BCUT2D eigenvalue weighted by Gasteiger charge is -2.13. The van der Waals surface area contributed by atoms with Crippen LogP contribution in [0.4, 0.5) is 28.9 Å². The third kappa shape index (κ3) is 10.4. The number of pyridine rings is 1. The molecule has 43 heavy (non-hydrogen) atoms. The molecule has 0 spiro atoms. The number of nitrogens with zero attached hydrogens (tertiary/aromatic N) is 2. The number of carboxylic acid groups (broad SMARTS) is 1. The SMILES string of the molecule is N[C@@H](Cc1ccc(Oc2ccc(Oc3ccc([N+](=O)[O-])cn3)cc2)cc1)C(=O)Nc1ccc(F)cc1.O=C(O)C(F)(F)F. The largest absolute Gasteiger partial charge is 0.490 e. The molecule has 0 fully saturated rings. The molecule has 4 N–H and O–H groups in total. The number of nitro groups is 1. The molecule has 224 valence electrons. The number of carbonyl (C=O) groups is 2. The average Bonchev–Trinajstić information content (AvgIpc) is 2.96. The summed E-state index contributed by atoms with van der Waals surface area (Å²) in [6.45, 7) is 0. The highest BCUT2D eigenvalue weighted by Gasteiger charge is 2.38. The predicted octanol–water partition coefficient (Wildman–Crippen LogP) is 5.86. The quantitative estimate of drug-likeness (QED) is 0.121. The van der Waals surface area contributed by atoms with E-state index in [2.05, 4.69) is 10.3 Å². The van der Waals surface area contributed by atoms with Gasteiger partial charge < -0.3 is 25.6 Å². The maximum Gasteiger partial charge on any atom is 0.490 e. The van der Waals surface area contributed by atoms with Gasteiger partial charge in [0, 0.05) is 17.8 Å². The van der Waals surface area contributed by atoms with Crippen LogP contribution in [-0.4, -0.2) is 39.1 Å². The van der Waals surface area contributed by atoms with Crippen LogP contribution in [0.3, 0.4) is 0 Å².